The number of halogens is 2. The topological polar surface area (TPSA) is 35.5 Å². The molecule has 0 bridgehead atoms. The Hall–Kier alpha value is -1.89. The molecule has 0 aromatic heterocycles. The van der Waals surface area contributed by atoms with E-state index in [4.69, 9.17) is 9.47 Å². The van der Waals surface area contributed by atoms with Crippen LogP contribution < -0.4 is 4.74 Å². The average Bonchev–Trinajstić information content (AvgIpc) is 2.57. The number of benzene rings is 2. The number of esters is 1. The Morgan fingerprint density at radius 2 is 1.79 bits per heavy atom. The van der Waals surface area contributed by atoms with Crippen LogP contribution in [0.3, 0.4) is 0 Å². The van der Waals surface area contributed by atoms with E-state index in [9.17, 15) is 9.18 Å². The van der Waals surface area contributed by atoms with Crippen molar-refractivity contribution in [2.24, 2.45) is 0 Å². The van der Waals surface area contributed by atoms with Crippen LogP contribution in [0.25, 0.3) is 11.1 Å². The lowest BCUT2D eigenvalue weighted by Gasteiger charge is -2.08. The first kappa shape index (κ1) is 18.4. The molecular formula is C19H18FIO3. The van der Waals surface area contributed by atoms with Gasteiger partial charge in [-0.2, -0.15) is 0 Å². The van der Waals surface area contributed by atoms with E-state index in [1.807, 2.05) is 30.3 Å². The maximum atomic E-state index is 13.5. The SMILES string of the molecule is C=CC(=O)OCCCCOc1ccc(-c2cc(F)cc(I)c2)cc1. The summed E-state index contributed by atoms with van der Waals surface area (Å²) in [5.41, 5.74) is 1.78. The Bertz CT molecular complexity index is 678. The molecule has 0 saturated heterocycles. The Labute approximate surface area is 154 Å². The van der Waals surface area contributed by atoms with Crippen LogP contribution in [0.15, 0.2) is 55.1 Å². The molecule has 0 aliphatic carbocycles. The Kier molecular flexibility index (Phi) is 7.24. The number of hydrogen-bond acceptors (Lipinski definition) is 3. The number of ether oxygens (including phenoxy) is 2. The third-order valence-corrected chi connectivity index (χ3v) is 3.89. The van der Waals surface area contributed by atoms with E-state index in [1.54, 1.807) is 0 Å². The lowest BCUT2D eigenvalue weighted by Crippen LogP contribution is -2.04. The van der Waals surface area contributed by atoms with Crippen molar-refractivity contribution in [3.8, 4) is 16.9 Å². The predicted octanol–water partition coefficient (Wildman–Crippen LogP) is 4.99. The fourth-order valence-electron chi connectivity index (χ4n) is 2.09. The van der Waals surface area contributed by atoms with Gasteiger partial charge in [-0.25, -0.2) is 9.18 Å². The Morgan fingerprint density at radius 3 is 2.46 bits per heavy atom. The summed E-state index contributed by atoms with van der Waals surface area (Å²) in [7, 11) is 0. The molecule has 0 atom stereocenters. The highest BCUT2D eigenvalue weighted by molar-refractivity contribution is 14.1. The Balaban J connectivity index is 1.80. The van der Waals surface area contributed by atoms with Crippen LogP contribution in [-0.4, -0.2) is 19.2 Å². The molecule has 0 heterocycles. The third-order valence-electron chi connectivity index (χ3n) is 3.27. The molecule has 0 radical (unpaired) electrons. The van der Waals surface area contributed by atoms with Crippen LogP contribution in [-0.2, 0) is 9.53 Å². The lowest BCUT2D eigenvalue weighted by molar-refractivity contribution is -0.137. The molecule has 0 unspecified atom stereocenters. The first-order valence-electron chi connectivity index (χ1n) is 7.57. The standard InChI is InChI=1S/C19H18FIO3/c1-2-19(22)24-10-4-3-9-23-18-7-5-14(6-8-18)15-11-16(20)13-17(21)12-15/h2,5-8,11-13H,1,3-4,9-10H2. The molecule has 0 amide bonds. The summed E-state index contributed by atoms with van der Waals surface area (Å²) in [5.74, 6) is 0.112. The number of carbonyl (C=O) groups excluding carboxylic acids is 1. The zero-order valence-corrected chi connectivity index (χ0v) is 15.3. The van der Waals surface area contributed by atoms with Gasteiger partial charge in [0.05, 0.1) is 13.2 Å². The van der Waals surface area contributed by atoms with Gasteiger partial charge in [0.15, 0.2) is 0 Å². The van der Waals surface area contributed by atoms with Crippen molar-refractivity contribution in [1.29, 1.82) is 0 Å². The lowest BCUT2D eigenvalue weighted by atomic mass is 10.1. The van der Waals surface area contributed by atoms with Gasteiger partial charge in [0.1, 0.15) is 11.6 Å². The van der Waals surface area contributed by atoms with Gasteiger partial charge in [0.2, 0.25) is 0 Å². The highest BCUT2D eigenvalue weighted by atomic mass is 127. The summed E-state index contributed by atoms with van der Waals surface area (Å²) >= 11 is 2.10. The second kappa shape index (κ2) is 9.42. The van der Waals surface area contributed by atoms with Crippen molar-refractivity contribution in [2.45, 2.75) is 12.8 Å². The van der Waals surface area contributed by atoms with Crippen LogP contribution in [0.4, 0.5) is 4.39 Å². The van der Waals surface area contributed by atoms with Gasteiger partial charge in [0.25, 0.3) is 0 Å². The molecule has 0 N–H and O–H groups in total. The second-order valence-corrected chi connectivity index (χ2v) is 6.36. The van der Waals surface area contributed by atoms with Crippen molar-refractivity contribution in [2.75, 3.05) is 13.2 Å². The molecule has 3 nitrogen and oxygen atoms in total. The molecule has 126 valence electrons. The summed E-state index contributed by atoms with van der Waals surface area (Å²) in [6.07, 6.45) is 2.67. The number of rotatable bonds is 8. The summed E-state index contributed by atoms with van der Waals surface area (Å²) in [6, 6.07) is 12.5. The predicted molar refractivity (Wildman–Crippen MR) is 100 cm³/mol. The van der Waals surface area contributed by atoms with E-state index in [0.29, 0.717) is 13.2 Å². The Morgan fingerprint density at radius 1 is 1.08 bits per heavy atom. The van der Waals surface area contributed by atoms with Crippen molar-refractivity contribution < 1.29 is 18.7 Å². The summed E-state index contributed by atoms with van der Waals surface area (Å²) in [6.45, 7) is 4.24. The van der Waals surface area contributed by atoms with Gasteiger partial charge in [-0.05, 0) is 76.9 Å². The van der Waals surface area contributed by atoms with Crippen LogP contribution in [0.5, 0.6) is 5.75 Å². The van der Waals surface area contributed by atoms with Gasteiger partial charge in [0, 0.05) is 9.65 Å². The van der Waals surface area contributed by atoms with E-state index in [-0.39, 0.29) is 5.82 Å². The average molecular weight is 440 g/mol. The van der Waals surface area contributed by atoms with Gasteiger partial charge in [-0.1, -0.05) is 18.7 Å². The molecule has 2 rings (SSSR count). The molecule has 0 aliphatic rings. The maximum Gasteiger partial charge on any atom is 0.330 e. The number of carbonyl (C=O) groups is 1. The first-order valence-corrected chi connectivity index (χ1v) is 8.65. The van der Waals surface area contributed by atoms with Gasteiger partial charge in [-0.15, -0.1) is 0 Å². The minimum Gasteiger partial charge on any atom is -0.494 e. The minimum atomic E-state index is -0.404. The zero-order chi connectivity index (χ0) is 17.4. The molecular weight excluding hydrogens is 422 g/mol. The summed E-state index contributed by atoms with van der Waals surface area (Å²) in [4.78, 5) is 10.9. The van der Waals surface area contributed by atoms with Gasteiger partial charge >= 0.3 is 5.97 Å². The van der Waals surface area contributed by atoms with E-state index < -0.39 is 5.97 Å². The van der Waals surface area contributed by atoms with E-state index in [2.05, 4.69) is 29.2 Å². The van der Waals surface area contributed by atoms with Crippen LogP contribution in [0.1, 0.15) is 12.8 Å². The zero-order valence-electron chi connectivity index (χ0n) is 13.1. The third kappa shape index (κ3) is 5.96. The maximum absolute atomic E-state index is 13.5. The molecule has 0 saturated carbocycles. The molecule has 0 aliphatic heterocycles. The monoisotopic (exact) mass is 440 g/mol. The fourth-order valence-corrected chi connectivity index (χ4v) is 2.72. The molecule has 2 aromatic carbocycles. The smallest absolute Gasteiger partial charge is 0.330 e. The van der Waals surface area contributed by atoms with E-state index >= 15 is 0 Å². The van der Waals surface area contributed by atoms with Crippen molar-refractivity contribution in [1.82, 2.24) is 0 Å². The quantitative estimate of drug-likeness (QED) is 0.251. The number of hydrogen-bond donors (Lipinski definition) is 0. The highest BCUT2D eigenvalue weighted by Crippen LogP contribution is 2.25. The second-order valence-electron chi connectivity index (χ2n) is 5.11. The highest BCUT2D eigenvalue weighted by Gasteiger charge is 2.03. The molecule has 5 heteroatoms. The van der Waals surface area contributed by atoms with E-state index in [1.165, 1.54) is 12.1 Å². The molecule has 2 aromatic rings. The van der Waals surface area contributed by atoms with Crippen LogP contribution in [0, 0.1) is 9.39 Å². The molecule has 24 heavy (non-hydrogen) atoms. The fraction of sp³-hybridized carbons (Fsp3) is 0.211. The van der Waals surface area contributed by atoms with Crippen LogP contribution >= 0.6 is 22.6 Å². The number of unbranched alkanes of at least 4 members (excludes halogenated alkanes) is 1. The van der Waals surface area contributed by atoms with Crippen LogP contribution in [0.2, 0.25) is 0 Å². The van der Waals surface area contributed by atoms with Crippen molar-refractivity contribution in [3.63, 3.8) is 0 Å². The summed E-state index contributed by atoms with van der Waals surface area (Å²) < 4.78 is 24.9. The normalized spacial score (nSPS) is 10.2. The minimum absolute atomic E-state index is 0.241. The summed E-state index contributed by atoms with van der Waals surface area (Å²) in [5, 5.41) is 0. The molecule has 0 spiro atoms. The van der Waals surface area contributed by atoms with Gasteiger partial charge < -0.3 is 9.47 Å². The van der Waals surface area contributed by atoms with Crippen molar-refractivity contribution >= 4 is 28.6 Å². The first-order chi connectivity index (χ1) is 11.6. The van der Waals surface area contributed by atoms with Crippen molar-refractivity contribution in [3.05, 3.63) is 64.5 Å². The largest absolute Gasteiger partial charge is 0.494 e. The molecule has 0 fully saturated rings. The van der Waals surface area contributed by atoms with Gasteiger partial charge in [-0.3, -0.25) is 0 Å². The van der Waals surface area contributed by atoms with E-state index in [0.717, 1.165) is 39.4 Å².